The molecular weight excluding hydrogens is 471 g/mol. The van der Waals surface area contributed by atoms with Crippen LogP contribution < -0.4 is 9.95 Å². The molecule has 1 aliphatic heterocycles. The molecule has 2 aromatic carbocycles. The van der Waals surface area contributed by atoms with Crippen LogP contribution in [0.4, 0.5) is 0 Å². The first-order valence-corrected chi connectivity index (χ1v) is 11.9. The number of benzene rings is 2. The van der Waals surface area contributed by atoms with E-state index in [0.717, 1.165) is 12.1 Å². The Morgan fingerprint density at radius 3 is 2.64 bits per heavy atom. The lowest BCUT2D eigenvalue weighted by Gasteiger charge is -2.40. The van der Waals surface area contributed by atoms with Gasteiger partial charge in [-0.1, -0.05) is 23.7 Å². The predicted octanol–water partition coefficient (Wildman–Crippen LogP) is 2.57. The van der Waals surface area contributed by atoms with Crippen molar-refractivity contribution in [2.45, 2.75) is 24.4 Å². The number of aliphatic hydroxyl groups excluding tert-OH is 1. The molecule has 0 aliphatic carbocycles. The number of phenolic OH excluding ortho intramolecular Hbond substituents is 1. The first-order chi connectivity index (χ1) is 15.5. The van der Waals surface area contributed by atoms with Crippen LogP contribution in [0.25, 0.3) is 22.3 Å². The zero-order valence-electron chi connectivity index (χ0n) is 17.4. The highest BCUT2D eigenvalue weighted by Crippen LogP contribution is 2.48. The van der Waals surface area contributed by atoms with Gasteiger partial charge in [0.15, 0.2) is 5.43 Å². The van der Waals surface area contributed by atoms with Gasteiger partial charge in [0.25, 0.3) is 0 Å². The average Bonchev–Trinajstić information content (AvgIpc) is 2.72. The number of piperidine rings is 1. The monoisotopic (exact) mass is 491 g/mol. The molecule has 2 heterocycles. The summed E-state index contributed by atoms with van der Waals surface area (Å²) in [6.07, 6.45) is -0.882. The van der Waals surface area contributed by atoms with Crippen molar-refractivity contribution in [2.24, 2.45) is 0 Å². The van der Waals surface area contributed by atoms with Gasteiger partial charge in [0.2, 0.25) is 0 Å². The number of aromatic hydroxyl groups is 1. The molecule has 4 rings (SSSR count). The van der Waals surface area contributed by atoms with Crippen molar-refractivity contribution in [3.05, 3.63) is 57.2 Å². The Bertz CT molecular complexity index is 1330. The van der Waals surface area contributed by atoms with Gasteiger partial charge < -0.3 is 24.1 Å². The van der Waals surface area contributed by atoms with Gasteiger partial charge in [-0.3, -0.25) is 14.6 Å². The zero-order chi connectivity index (χ0) is 24.1. The van der Waals surface area contributed by atoms with Crippen molar-refractivity contribution >= 4 is 38.2 Å². The summed E-state index contributed by atoms with van der Waals surface area (Å²) >= 11 is 6.26. The fourth-order valence-corrected chi connectivity index (χ4v) is 4.77. The minimum absolute atomic E-state index is 0.0215. The highest BCUT2D eigenvalue weighted by Gasteiger charge is 2.38. The maximum atomic E-state index is 13.0. The number of likely N-dealkylation sites (tertiary alicyclic amines) is 1. The molecule has 4 N–H and O–H groups in total. The lowest BCUT2D eigenvalue weighted by atomic mass is 9.74. The Labute approximate surface area is 194 Å². The summed E-state index contributed by atoms with van der Waals surface area (Å²) in [6.45, 7) is 0.440. The standard InChI is InChI=1S/C21H20BClNO8P/c1-24-7-6-11(19(27)21(24)22)17-16(32-33(28,29)30)9-14(26)18-13(25)8-15(31-20(17)18)10-4-2-3-5-12(10)23/h2-5,8-9,11,19,21,26-27H,6-7H2,1H3,(H2,28,29,30). The summed E-state index contributed by atoms with van der Waals surface area (Å²) in [5.41, 5.74) is -0.375. The number of phosphoric acid groups is 1. The van der Waals surface area contributed by atoms with Gasteiger partial charge in [0.1, 0.15) is 28.2 Å². The van der Waals surface area contributed by atoms with Gasteiger partial charge in [-0.15, -0.1) is 0 Å². The summed E-state index contributed by atoms with van der Waals surface area (Å²) in [5, 5.41) is 21.5. The second kappa shape index (κ2) is 8.79. The molecule has 3 unspecified atom stereocenters. The van der Waals surface area contributed by atoms with Crippen molar-refractivity contribution in [2.75, 3.05) is 13.6 Å². The van der Waals surface area contributed by atoms with Crippen LogP contribution in [0.5, 0.6) is 11.5 Å². The largest absolute Gasteiger partial charge is 0.524 e. The van der Waals surface area contributed by atoms with Crippen LogP contribution in [0.15, 0.2) is 45.6 Å². The van der Waals surface area contributed by atoms with Gasteiger partial charge in [-0.05, 0) is 38.1 Å². The maximum Gasteiger partial charge on any atom is 0.524 e. The van der Waals surface area contributed by atoms with Gasteiger partial charge >= 0.3 is 7.82 Å². The Hall–Kier alpha value is -2.33. The predicted molar refractivity (Wildman–Crippen MR) is 123 cm³/mol. The molecule has 9 nitrogen and oxygen atoms in total. The lowest BCUT2D eigenvalue weighted by molar-refractivity contribution is 0.0433. The number of fused-ring (bicyclic) bond motifs is 1. The number of aliphatic hydroxyl groups is 1. The average molecular weight is 492 g/mol. The molecule has 1 saturated heterocycles. The van der Waals surface area contributed by atoms with Crippen LogP contribution in [0.1, 0.15) is 17.9 Å². The lowest BCUT2D eigenvalue weighted by Crippen LogP contribution is -2.50. The SMILES string of the molecule is [B]C1C(O)C(c2c(OP(=O)(O)O)cc(O)c3c(=O)cc(-c4ccccc4Cl)oc23)CCN1C. The summed E-state index contributed by atoms with van der Waals surface area (Å²) in [6, 6.07) is 8.71. The van der Waals surface area contributed by atoms with E-state index >= 15 is 0 Å². The number of phenols is 1. The van der Waals surface area contributed by atoms with E-state index in [1.165, 1.54) is 0 Å². The third kappa shape index (κ3) is 4.55. The molecule has 1 aliphatic rings. The maximum absolute atomic E-state index is 13.0. The van der Waals surface area contributed by atoms with Gasteiger partial charge in [-0.2, -0.15) is 0 Å². The van der Waals surface area contributed by atoms with Crippen LogP contribution in [-0.4, -0.2) is 58.4 Å². The van der Waals surface area contributed by atoms with E-state index in [9.17, 15) is 29.4 Å². The Balaban J connectivity index is 2.06. The van der Waals surface area contributed by atoms with E-state index in [0.29, 0.717) is 23.6 Å². The normalized spacial score (nSPS) is 21.9. The topological polar surface area (TPSA) is 141 Å². The molecular formula is C21H20BClNO8P. The molecule has 12 heteroatoms. The van der Waals surface area contributed by atoms with Crippen molar-refractivity contribution in [1.29, 1.82) is 0 Å². The highest BCUT2D eigenvalue weighted by atomic mass is 35.5. The second-order valence-electron chi connectivity index (χ2n) is 7.91. The van der Waals surface area contributed by atoms with Crippen LogP contribution in [0.2, 0.25) is 5.02 Å². The molecule has 1 aromatic heterocycles. The van der Waals surface area contributed by atoms with E-state index in [-0.39, 0.29) is 22.3 Å². The van der Waals surface area contributed by atoms with Crippen LogP contribution >= 0.6 is 19.4 Å². The van der Waals surface area contributed by atoms with E-state index in [1.807, 2.05) is 0 Å². The van der Waals surface area contributed by atoms with E-state index in [1.54, 1.807) is 36.2 Å². The van der Waals surface area contributed by atoms with Crippen molar-refractivity contribution in [3.63, 3.8) is 0 Å². The number of likely N-dealkylation sites (N-methyl/N-ethyl adjacent to an activating group) is 1. The first-order valence-electron chi connectivity index (χ1n) is 9.95. The summed E-state index contributed by atoms with van der Waals surface area (Å²) < 4.78 is 22.5. The van der Waals surface area contributed by atoms with Crippen molar-refractivity contribution < 1.29 is 33.5 Å². The van der Waals surface area contributed by atoms with Crippen molar-refractivity contribution in [3.8, 4) is 22.8 Å². The molecule has 3 aromatic rings. The van der Waals surface area contributed by atoms with E-state index in [4.69, 9.17) is 28.4 Å². The fraction of sp³-hybridized carbons (Fsp3) is 0.286. The number of hydrogen-bond donors (Lipinski definition) is 4. The minimum Gasteiger partial charge on any atom is -0.507 e. The molecule has 33 heavy (non-hydrogen) atoms. The molecule has 0 spiro atoms. The molecule has 0 saturated carbocycles. The third-order valence-electron chi connectivity index (χ3n) is 5.77. The summed E-state index contributed by atoms with van der Waals surface area (Å²) in [5.74, 6) is -2.56. The molecule has 1 fully saturated rings. The molecule has 0 bridgehead atoms. The summed E-state index contributed by atoms with van der Waals surface area (Å²) in [4.78, 5) is 33.6. The first kappa shape index (κ1) is 23.8. The number of halogens is 1. The molecule has 3 atom stereocenters. The van der Waals surface area contributed by atoms with Gasteiger partial charge in [0.05, 0.1) is 19.0 Å². The fourth-order valence-electron chi connectivity index (χ4n) is 4.14. The number of nitrogens with zero attached hydrogens (tertiary/aromatic N) is 1. The number of rotatable bonds is 4. The van der Waals surface area contributed by atoms with Gasteiger partial charge in [0, 0.05) is 29.2 Å². The van der Waals surface area contributed by atoms with Crippen molar-refractivity contribution in [1.82, 2.24) is 4.90 Å². The highest BCUT2D eigenvalue weighted by molar-refractivity contribution is 7.46. The number of phosphoric ester groups is 1. The van der Waals surface area contributed by atoms with Gasteiger partial charge in [-0.25, -0.2) is 4.57 Å². The Kier molecular flexibility index (Phi) is 6.35. The van der Waals surface area contributed by atoms with Crippen LogP contribution in [0.3, 0.4) is 0 Å². The molecule has 0 amide bonds. The third-order valence-corrected chi connectivity index (χ3v) is 6.54. The smallest absolute Gasteiger partial charge is 0.507 e. The minimum atomic E-state index is -5.08. The van der Waals surface area contributed by atoms with Crippen LogP contribution in [0, 0.1) is 0 Å². The van der Waals surface area contributed by atoms with E-state index < -0.39 is 42.7 Å². The quantitative estimate of drug-likeness (QED) is 0.320. The Morgan fingerprint density at radius 2 is 1.97 bits per heavy atom. The molecule has 2 radical (unpaired) electrons. The van der Waals surface area contributed by atoms with Crippen LogP contribution in [-0.2, 0) is 4.57 Å². The zero-order valence-corrected chi connectivity index (χ0v) is 19.0. The second-order valence-corrected chi connectivity index (χ2v) is 9.48. The number of hydrogen-bond acceptors (Lipinski definition) is 7. The summed E-state index contributed by atoms with van der Waals surface area (Å²) in [7, 11) is 2.74. The Morgan fingerprint density at radius 1 is 1.27 bits per heavy atom. The molecule has 172 valence electrons. The van der Waals surface area contributed by atoms with E-state index in [2.05, 4.69) is 0 Å².